The van der Waals surface area contributed by atoms with Crippen LogP contribution in [0.15, 0.2) is 48.8 Å². The lowest BCUT2D eigenvalue weighted by Crippen LogP contribution is -2.43. The van der Waals surface area contributed by atoms with Crippen molar-refractivity contribution in [2.75, 3.05) is 12.0 Å². The van der Waals surface area contributed by atoms with Crippen LogP contribution in [0.25, 0.3) is 22.4 Å². The lowest BCUT2D eigenvalue weighted by atomic mass is 10.0. The van der Waals surface area contributed by atoms with E-state index in [0.29, 0.717) is 24.6 Å². The summed E-state index contributed by atoms with van der Waals surface area (Å²) in [4.78, 5) is 26.6. The highest BCUT2D eigenvalue weighted by atomic mass is 19.1. The maximum Gasteiger partial charge on any atom is 0.305 e. The topological polar surface area (TPSA) is 80.1 Å². The predicted octanol–water partition coefficient (Wildman–Crippen LogP) is 2.12. The first-order valence-corrected chi connectivity index (χ1v) is 7.98. The van der Waals surface area contributed by atoms with Crippen molar-refractivity contribution >= 4 is 18.0 Å². The normalized spacial score (nSPS) is 13.0. The van der Waals surface area contributed by atoms with Crippen molar-refractivity contribution in [3.8, 4) is 22.4 Å². The fourth-order valence-electron chi connectivity index (χ4n) is 2.95. The monoisotopic (exact) mass is 351 g/mol. The van der Waals surface area contributed by atoms with E-state index in [-0.39, 0.29) is 12.1 Å². The molecule has 1 aliphatic heterocycles. The van der Waals surface area contributed by atoms with E-state index in [0.717, 1.165) is 16.7 Å². The summed E-state index contributed by atoms with van der Waals surface area (Å²) in [6.45, 7) is 0.742. The molecule has 0 radical (unpaired) electrons. The summed E-state index contributed by atoms with van der Waals surface area (Å²) < 4.78 is 15.0. The first kappa shape index (κ1) is 15.9. The quantitative estimate of drug-likeness (QED) is 0.577. The number of anilines is 1. The van der Waals surface area contributed by atoms with Gasteiger partial charge >= 0.3 is 5.91 Å². The highest BCUT2D eigenvalue weighted by molar-refractivity contribution is 6.23. The van der Waals surface area contributed by atoms with E-state index in [2.05, 4.69) is 15.5 Å². The molecule has 1 aliphatic rings. The van der Waals surface area contributed by atoms with Gasteiger partial charge in [0.05, 0.1) is 18.7 Å². The van der Waals surface area contributed by atoms with Crippen molar-refractivity contribution in [2.45, 2.75) is 6.54 Å². The Morgan fingerprint density at radius 3 is 2.50 bits per heavy atom. The maximum atomic E-state index is 13.3. The largest absolute Gasteiger partial charge is 0.305 e. The maximum absolute atomic E-state index is 13.3. The molecule has 0 atom stereocenters. The summed E-state index contributed by atoms with van der Waals surface area (Å²) in [6.07, 6.45) is 3.59. The van der Waals surface area contributed by atoms with Crippen LogP contribution in [0.5, 0.6) is 0 Å². The minimum absolute atomic E-state index is 0.270. The van der Waals surface area contributed by atoms with Gasteiger partial charge in [0.2, 0.25) is 6.29 Å². The number of nitrogens with one attached hydrogen (secondary N) is 1. The van der Waals surface area contributed by atoms with Gasteiger partial charge in [-0.15, -0.1) is 0 Å². The number of aromatic nitrogens is 3. The van der Waals surface area contributed by atoms with Gasteiger partial charge in [-0.1, -0.05) is 0 Å². The first-order chi connectivity index (χ1) is 12.7. The SMILES string of the molecule is O=CC(=O)N1CCn2nc(-c3ccc(F)cc3)c(-c3ccncc3)c2N1. The number of hydrogen-bond donors (Lipinski definition) is 1. The Labute approximate surface area is 148 Å². The van der Waals surface area contributed by atoms with Gasteiger partial charge in [0, 0.05) is 18.0 Å². The number of pyridine rings is 1. The van der Waals surface area contributed by atoms with Crippen LogP contribution < -0.4 is 5.43 Å². The lowest BCUT2D eigenvalue weighted by molar-refractivity contribution is -0.138. The number of benzene rings is 1. The van der Waals surface area contributed by atoms with Crippen LogP contribution in [-0.4, -0.2) is 38.5 Å². The third-order valence-electron chi connectivity index (χ3n) is 4.18. The van der Waals surface area contributed by atoms with Gasteiger partial charge in [-0.2, -0.15) is 5.10 Å². The molecule has 1 amide bonds. The Balaban J connectivity index is 1.88. The van der Waals surface area contributed by atoms with E-state index in [1.54, 1.807) is 29.2 Å². The molecule has 0 bridgehead atoms. The van der Waals surface area contributed by atoms with Gasteiger partial charge in [0.25, 0.3) is 0 Å². The molecule has 0 fully saturated rings. The molecule has 3 heterocycles. The van der Waals surface area contributed by atoms with Crippen LogP contribution in [0.1, 0.15) is 0 Å². The number of aldehydes is 1. The first-order valence-electron chi connectivity index (χ1n) is 7.98. The zero-order chi connectivity index (χ0) is 18.1. The standard InChI is InChI=1S/C18H14FN5O2/c19-14-3-1-13(2-4-14)17-16(12-5-7-20-8-6-12)18-22-23(15(26)11-25)9-10-24(18)21-17/h1-8,11,22H,9-10H2. The van der Waals surface area contributed by atoms with Crippen LogP contribution in [0.3, 0.4) is 0 Å². The molecule has 8 heteroatoms. The van der Waals surface area contributed by atoms with E-state index in [1.807, 2.05) is 12.1 Å². The summed E-state index contributed by atoms with van der Waals surface area (Å²) in [7, 11) is 0. The van der Waals surface area contributed by atoms with E-state index in [1.165, 1.54) is 17.1 Å². The molecule has 1 N–H and O–H groups in total. The fraction of sp³-hybridized carbons (Fsp3) is 0.111. The van der Waals surface area contributed by atoms with Crippen molar-refractivity contribution in [1.29, 1.82) is 0 Å². The van der Waals surface area contributed by atoms with Crippen molar-refractivity contribution < 1.29 is 14.0 Å². The molecule has 1 aromatic carbocycles. The van der Waals surface area contributed by atoms with Gasteiger partial charge in [-0.3, -0.25) is 20.0 Å². The number of hydrogen-bond acceptors (Lipinski definition) is 5. The van der Waals surface area contributed by atoms with Gasteiger partial charge in [0.15, 0.2) is 5.82 Å². The Kier molecular flexibility index (Phi) is 3.92. The molecule has 0 spiro atoms. The Bertz CT molecular complexity index is 969. The average Bonchev–Trinajstić information content (AvgIpc) is 3.07. The zero-order valence-electron chi connectivity index (χ0n) is 13.6. The molecule has 2 aromatic heterocycles. The summed E-state index contributed by atoms with van der Waals surface area (Å²) in [5.41, 5.74) is 5.97. The van der Waals surface area contributed by atoms with E-state index >= 15 is 0 Å². The molecular formula is C18H14FN5O2. The second-order valence-corrected chi connectivity index (χ2v) is 5.76. The van der Waals surface area contributed by atoms with Gasteiger partial charge < -0.3 is 0 Å². The number of amides is 1. The molecule has 3 aromatic rings. The van der Waals surface area contributed by atoms with Crippen LogP contribution in [0.4, 0.5) is 10.2 Å². The summed E-state index contributed by atoms with van der Waals surface area (Å²) in [5, 5.41) is 5.88. The van der Waals surface area contributed by atoms with Crippen LogP contribution in [0.2, 0.25) is 0 Å². The van der Waals surface area contributed by atoms with Gasteiger partial charge in [-0.05, 0) is 42.0 Å². The molecular weight excluding hydrogens is 337 g/mol. The van der Waals surface area contributed by atoms with Crippen molar-refractivity contribution in [2.24, 2.45) is 0 Å². The van der Waals surface area contributed by atoms with Gasteiger partial charge in [-0.25, -0.2) is 14.1 Å². The van der Waals surface area contributed by atoms with E-state index in [4.69, 9.17) is 0 Å². The second kappa shape index (κ2) is 6.40. The highest BCUT2D eigenvalue weighted by Crippen LogP contribution is 2.38. The number of hydrazine groups is 1. The molecule has 0 saturated carbocycles. The summed E-state index contributed by atoms with van der Waals surface area (Å²) >= 11 is 0. The van der Waals surface area contributed by atoms with Crippen LogP contribution in [-0.2, 0) is 16.1 Å². The smallest absolute Gasteiger partial charge is 0.292 e. The third kappa shape index (κ3) is 2.71. The van der Waals surface area contributed by atoms with Crippen LogP contribution >= 0.6 is 0 Å². The minimum atomic E-state index is -0.651. The Morgan fingerprint density at radius 1 is 1.08 bits per heavy atom. The number of carbonyl (C=O) groups excluding carboxylic acids is 2. The van der Waals surface area contributed by atoms with Gasteiger partial charge in [0.1, 0.15) is 11.5 Å². The fourth-order valence-corrected chi connectivity index (χ4v) is 2.95. The number of nitrogens with zero attached hydrogens (tertiary/aromatic N) is 4. The van der Waals surface area contributed by atoms with Crippen molar-refractivity contribution in [3.63, 3.8) is 0 Å². The summed E-state index contributed by atoms with van der Waals surface area (Å²) in [5.74, 6) is -0.387. The number of rotatable bonds is 3. The summed E-state index contributed by atoms with van der Waals surface area (Å²) in [6, 6.07) is 9.71. The third-order valence-corrected chi connectivity index (χ3v) is 4.18. The predicted molar refractivity (Wildman–Crippen MR) is 92.3 cm³/mol. The van der Waals surface area contributed by atoms with Crippen molar-refractivity contribution in [3.05, 3.63) is 54.6 Å². The Morgan fingerprint density at radius 2 is 1.81 bits per heavy atom. The molecule has 0 unspecified atom stereocenters. The Hall–Kier alpha value is -3.55. The highest BCUT2D eigenvalue weighted by Gasteiger charge is 2.27. The molecule has 0 saturated heterocycles. The zero-order valence-corrected chi connectivity index (χ0v) is 13.6. The van der Waals surface area contributed by atoms with E-state index < -0.39 is 5.91 Å². The average molecular weight is 351 g/mol. The second-order valence-electron chi connectivity index (χ2n) is 5.76. The molecule has 4 rings (SSSR count). The molecule has 26 heavy (non-hydrogen) atoms. The number of fused-ring (bicyclic) bond motifs is 1. The molecule has 7 nitrogen and oxygen atoms in total. The molecule has 130 valence electrons. The number of halogens is 1. The number of carbonyl (C=O) groups is 2. The van der Waals surface area contributed by atoms with E-state index in [9.17, 15) is 14.0 Å². The molecule has 0 aliphatic carbocycles. The van der Waals surface area contributed by atoms with Crippen molar-refractivity contribution in [1.82, 2.24) is 19.8 Å². The lowest BCUT2D eigenvalue weighted by Gasteiger charge is -2.28. The minimum Gasteiger partial charge on any atom is -0.292 e. The van der Waals surface area contributed by atoms with Crippen LogP contribution in [0, 0.1) is 5.82 Å².